The van der Waals surface area contributed by atoms with E-state index in [-0.39, 0.29) is 0 Å². The number of rotatable bonds is 4. The van der Waals surface area contributed by atoms with Crippen LogP contribution < -0.4 is 5.32 Å². The second kappa shape index (κ2) is 5.87. The van der Waals surface area contributed by atoms with Crippen LogP contribution in [0, 0.1) is 11.8 Å². The van der Waals surface area contributed by atoms with E-state index < -0.39 is 0 Å². The topological polar surface area (TPSA) is 27.7 Å². The molecule has 3 rings (SSSR count). The molecule has 4 nitrogen and oxygen atoms in total. The molecule has 0 radical (unpaired) electrons. The van der Waals surface area contributed by atoms with Crippen LogP contribution in [0.5, 0.6) is 0 Å². The molecule has 0 aromatic rings. The normalized spacial score (nSPS) is 38.2. The van der Waals surface area contributed by atoms with Crippen molar-refractivity contribution in [1.82, 2.24) is 15.1 Å². The van der Waals surface area contributed by atoms with Gasteiger partial charge in [0.1, 0.15) is 0 Å². The Morgan fingerprint density at radius 1 is 1.17 bits per heavy atom. The van der Waals surface area contributed by atoms with Crippen molar-refractivity contribution in [3.05, 3.63) is 0 Å². The van der Waals surface area contributed by atoms with Gasteiger partial charge in [0.15, 0.2) is 0 Å². The first-order chi connectivity index (χ1) is 8.88. The average Bonchev–Trinajstić information content (AvgIpc) is 2.97. The van der Waals surface area contributed by atoms with Crippen LogP contribution in [0.1, 0.15) is 13.3 Å². The van der Waals surface area contributed by atoms with Gasteiger partial charge in [-0.2, -0.15) is 0 Å². The summed E-state index contributed by atoms with van der Waals surface area (Å²) in [7, 11) is 0. The smallest absolute Gasteiger partial charge is 0.0594 e. The fourth-order valence-corrected chi connectivity index (χ4v) is 4.02. The minimum absolute atomic E-state index is 0.825. The fraction of sp³-hybridized carbons (Fsp3) is 1.00. The Morgan fingerprint density at radius 2 is 2.00 bits per heavy atom. The second-order valence-electron chi connectivity index (χ2n) is 6.01. The number of fused-ring (bicyclic) bond motifs is 1. The Morgan fingerprint density at radius 3 is 2.78 bits per heavy atom. The van der Waals surface area contributed by atoms with Crippen molar-refractivity contribution in [2.45, 2.75) is 19.4 Å². The maximum absolute atomic E-state index is 5.41. The molecule has 104 valence electrons. The third-order valence-electron chi connectivity index (χ3n) is 5.05. The van der Waals surface area contributed by atoms with Crippen molar-refractivity contribution < 1.29 is 4.74 Å². The van der Waals surface area contributed by atoms with Crippen molar-refractivity contribution >= 4 is 0 Å². The van der Waals surface area contributed by atoms with E-state index in [4.69, 9.17) is 4.74 Å². The van der Waals surface area contributed by atoms with Gasteiger partial charge in [0.25, 0.3) is 0 Å². The van der Waals surface area contributed by atoms with Crippen LogP contribution in [0.3, 0.4) is 0 Å². The first-order valence-electron chi connectivity index (χ1n) is 7.63. The third kappa shape index (κ3) is 2.57. The number of nitrogens with one attached hydrogen (secondary N) is 1. The van der Waals surface area contributed by atoms with Gasteiger partial charge in [-0.3, -0.25) is 9.80 Å². The standard InChI is InChI=1S/C14H27N3O/c1-2-14-13-10-15-9-12(13)11-17(14)4-3-16-5-7-18-8-6-16/h12-15H,2-11H2,1H3. The van der Waals surface area contributed by atoms with E-state index in [1.165, 1.54) is 39.1 Å². The number of likely N-dealkylation sites (tertiary alicyclic amines) is 1. The summed E-state index contributed by atoms with van der Waals surface area (Å²) >= 11 is 0. The second-order valence-corrected chi connectivity index (χ2v) is 6.01. The molecule has 3 fully saturated rings. The highest BCUT2D eigenvalue weighted by molar-refractivity contribution is 4.98. The summed E-state index contributed by atoms with van der Waals surface area (Å²) in [4.78, 5) is 5.31. The molecule has 0 spiro atoms. The summed E-state index contributed by atoms with van der Waals surface area (Å²) in [6.07, 6.45) is 1.31. The zero-order valence-electron chi connectivity index (χ0n) is 11.6. The Hall–Kier alpha value is -0.160. The van der Waals surface area contributed by atoms with Gasteiger partial charge in [-0.15, -0.1) is 0 Å². The number of hydrogen-bond donors (Lipinski definition) is 1. The highest BCUT2D eigenvalue weighted by Crippen LogP contribution is 2.33. The lowest BCUT2D eigenvalue weighted by atomic mass is 9.93. The summed E-state index contributed by atoms with van der Waals surface area (Å²) in [5, 5.41) is 3.56. The molecular formula is C14H27N3O. The quantitative estimate of drug-likeness (QED) is 0.777. The van der Waals surface area contributed by atoms with E-state index in [0.29, 0.717) is 0 Å². The predicted molar refractivity (Wildman–Crippen MR) is 72.8 cm³/mol. The molecule has 0 aliphatic carbocycles. The van der Waals surface area contributed by atoms with Gasteiger partial charge in [-0.25, -0.2) is 0 Å². The first-order valence-corrected chi connectivity index (χ1v) is 7.63. The SMILES string of the molecule is CCC1C2CNCC2CN1CCN1CCOCC1. The summed E-state index contributed by atoms with van der Waals surface area (Å²) < 4.78 is 5.41. The third-order valence-corrected chi connectivity index (χ3v) is 5.05. The van der Waals surface area contributed by atoms with Crippen LogP contribution in [0.25, 0.3) is 0 Å². The molecule has 0 aromatic carbocycles. The van der Waals surface area contributed by atoms with Gasteiger partial charge in [0.05, 0.1) is 13.2 Å². The molecule has 0 amide bonds. The van der Waals surface area contributed by atoms with Crippen molar-refractivity contribution in [3.63, 3.8) is 0 Å². The highest BCUT2D eigenvalue weighted by Gasteiger charge is 2.42. The molecular weight excluding hydrogens is 226 g/mol. The monoisotopic (exact) mass is 253 g/mol. The lowest BCUT2D eigenvalue weighted by molar-refractivity contribution is 0.0320. The Bertz CT molecular complexity index is 268. The number of morpholine rings is 1. The first kappa shape index (κ1) is 12.9. The Labute approximate surface area is 111 Å². The maximum atomic E-state index is 5.41. The number of ether oxygens (including phenoxy) is 1. The largest absolute Gasteiger partial charge is 0.379 e. The zero-order chi connectivity index (χ0) is 12.4. The van der Waals surface area contributed by atoms with E-state index in [1.54, 1.807) is 0 Å². The lowest BCUT2D eigenvalue weighted by Gasteiger charge is -2.31. The molecule has 3 aliphatic heterocycles. The molecule has 3 atom stereocenters. The molecule has 18 heavy (non-hydrogen) atoms. The van der Waals surface area contributed by atoms with E-state index in [1.807, 2.05) is 0 Å². The summed E-state index contributed by atoms with van der Waals surface area (Å²) in [6, 6.07) is 0.825. The molecule has 1 N–H and O–H groups in total. The van der Waals surface area contributed by atoms with Crippen LogP contribution in [-0.2, 0) is 4.74 Å². The Kier molecular flexibility index (Phi) is 4.19. The van der Waals surface area contributed by atoms with Crippen LogP contribution >= 0.6 is 0 Å². The predicted octanol–water partition coefficient (Wildman–Crippen LogP) is 0.248. The Balaban J connectivity index is 1.49. The van der Waals surface area contributed by atoms with Gasteiger partial charge in [-0.05, 0) is 31.3 Å². The van der Waals surface area contributed by atoms with Crippen molar-refractivity contribution in [1.29, 1.82) is 0 Å². The van der Waals surface area contributed by atoms with Gasteiger partial charge in [-0.1, -0.05) is 6.92 Å². The van der Waals surface area contributed by atoms with E-state index in [9.17, 15) is 0 Å². The fourth-order valence-electron chi connectivity index (χ4n) is 4.02. The summed E-state index contributed by atoms with van der Waals surface area (Å²) in [5.74, 6) is 1.83. The molecule has 3 heterocycles. The summed E-state index contributed by atoms with van der Waals surface area (Å²) in [6.45, 7) is 12.7. The molecule has 0 bridgehead atoms. The molecule has 0 aromatic heterocycles. The van der Waals surface area contributed by atoms with Crippen LogP contribution in [0.2, 0.25) is 0 Å². The minimum Gasteiger partial charge on any atom is -0.379 e. The van der Waals surface area contributed by atoms with Crippen molar-refractivity contribution in [2.24, 2.45) is 11.8 Å². The average molecular weight is 253 g/mol. The zero-order valence-corrected chi connectivity index (χ0v) is 11.6. The van der Waals surface area contributed by atoms with Crippen molar-refractivity contribution in [2.75, 3.05) is 59.0 Å². The minimum atomic E-state index is 0.825. The van der Waals surface area contributed by atoms with E-state index in [2.05, 4.69) is 22.0 Å². The van der Waals surface area contributed by atoms with Gasteiger partial charge < -0.3 is 10.1 Å². The highest BCUT2D eigenvalue weighted by atomic mass is 16.5. The van der Waals surface area contributed by atoms with Crippen LogP contribution in [0.15, 0.2) is 0 Å². The maximum Gasteiger partial charge on any atom is 0.0594 e. The molecule has 0 saturated carbocycles. The van der Waals surface area contributed by atoms with Crippen molar-refractivity contribution in [3.8, 4) is 0 Å². The van der Waals surface area contributed by atoms with Crippen LogP contribution in [-0.4, -0.2) is 74.9 Å². The lowest BCUT2D eigenvalue weighted by Crippen LogP contribution is -2.43. The van der Waals surface area contributed by atoms with Gasteiger partial charge in [0, 0.05) is 38.8 Å². The molecule has 3 unspecified atom stereocenters. The van der Waals surface area contributed by atoms with Gasteiger partial charge >= 0.3 is 0 Å². The molecule has 3 saturated heterocycles. The molecule has 4 heteroatoms. The summed E-state index contributed by atoms with van der Waals surface area (Å²) in [5.41, 5.74) is 0. The van der Waals surface area contributed by atoms with Crippen LogP contribution in [0.4, 0.5) is 0 Å². The van der Waals surface area contributed by atoms with E-state index >= 15 is 0 Å². The number of nitrogens with zero attached hydrogens (tertiary/aromatic N) is 2. The molecule has 3 aliphatic rings. The number of hydrogen-bond acceptors (Lipinski definition) is 4. The van der Waals surface area contributed by atoms with E-state index in [0.717, 1.165) is 44.2 Å². The van der Waals surface area contributed by atoms with Gasteiger partial charge in [0.2, 0.25) is 0 Å².